The molecule has 0 N–H and O–H groups in total. The Morgan fingerprint density at radius 2 is 2.25 bits per heavy atom. The molecular formula is C14H18N4OS. The van der Waals surface area contributed by atoms with E-state index in [0.29, 0.717) is 6.04 Å². The molecule has 2 aromatic heterocycles. The van der Waals surface area contributed by atoms with Gasteiger partial charge >= 0.3 is 0 Å². The van der Waals surface area contributed by atoms with Gasteiger partial charge < -0.3 is 9.47 Å². The van der Waals surface area contributed by atoms with Gasteiger partial charge in [0.15, 0.2) is 0 Å². The van der Waals surface area contributed by atoms with Crippen molar-refractivity contribution in [2.75, 3.05) is 13.1 Å². The number of piperidine rings is 1. The van der Waals surface area contributed by atoms with Gasteiger partial charge in [-0.3, -0.25) is 4.79 Å². The molecule has 6 heteroatoms. The van der Waals surface area contributed by atoms with Crippen LogP contribution in [0, 0.1) is 13.8 Å². The maximum atomic E-state index is 12.6. The van der Waals surface area contributed by atoms with Crippen molar-refractivity contribution in [3.05, 3.63) is 34.3 Å². The molecule has 0 bridgehead atoms. The normalized spacial score (nSPS) is 19.3. The van der Waals surface area contributed by atoms with Crippen LogP contribution < -0.4 is 0 Å². The number of hydrogen-bond donors (Lipinski definition) is 0. The number of amides is 1. The number of aromatic nitrogens is 3. The van der Waals surface area contributed by atoms with Crippen LogP contribution in [0.4, 0.5) is 0 Å². The van der Waals surface area contributed by atoms with Gasteiger partial charge in [0, 0.05) is 25.5 Å². The number of aryl methyl sites for hydroxylation is 2. The molecule has 1 amide bonds. The molecule has 0 radical (unpaired) electrons. The van der Waals surface area contributed by atoms with E-state index < -0.39 is 0 Å². The van der Waals surface area contributed by atoms with Gasteiger partial charge in [-0.2, -0.15) is 0 Å². The molecule has 20 heavy (non-hydrogen) atoms. The van der Waals surface area contributed by atoms with Crippen LogP contribution in [0.5, 0.6) is 0 Å². The van der Waals surface area contributed by atoms with Crippen molar-refractivity contribution in [1.29, 1.82) is 0 Å². The summed E-state index contributed by atoms with van der Waals surface area (Å²) in [4.78, 5) is 23.7. The maximum Gasteiger partial charge on any atom is 0.265 e. The quantitative estimate of drug-likeness (QED) is 0.853. The molecule has 1 atom stereocenters. The number of likely N-dealkylation sites (tertiary alicyclic amines) is 1. The first-order valence-electron chi connectivity index (χ1n) is 6.85. The Labute approximate surface area is 122 Å². The third kappa shape index (κ3) is 2.35. The van der Waals surface area contributed by atoms with Crippen molar-refractivity contribution in [1.82, 2.24) is 19.4 Å². The van der Waals surface area contributed by atoms with Crippen molar-refractivity contribution in [2.24, 2.45) is 0 Å². The van der Waals surface area contributed by atoms with E-state index in [1.165, 1.54) is 11.3 Å². The molecule has 1 saturated heterocycles. The predicted octanol–water partition coefficient (Wildman–Crippen LogP) is 2.43. The highest BCUT2D eigenvalue weighted by Gasteiger charge is 2.27. The summed E-state index contributed by atoms with van der Waals surface area (Å²) >= 11 is 1.43. The fourth-order valence-corrected chi connectivity index (χ4v) is 3.56. The van der Waals surface area contributed by atoms with Crippen molar-refractivity contribution in [2.45, 2.75) is 32.7 Å². The summed E-state index contributed by atoms with van der Waals surface area (Å²) in [6, 6.07) is 0.337. The Morgan fingerprint density at radius 3 is 2.90 bits per heavy atom. The summed E-state index contributed by atoms with van der Waals surface area (Å²) in [5, 5.41) is 0. The average molecular weight is 290 g/mol. The highest BCUT2D eigenvalue weighted by molar-refractivity contribution is 7.11. The molecule has 5 nitrogen and oxygen atoms in total. The second-order valence-electron chi connectivity index (χ2n) is 5.20. The zero-order valence-electron chi connectivity index (χ0n) is 11.7. The number of carbonyl (C=O) groups excluding carboxylic acids is 1. The highest BCUT2D eigenvalue weighted by atomic mass is 32.1. The summed E-state index contributed by atoms with van der Waals surface area (Å²) in [6.07, 6.45) is 5.96. The molecule has 2 aromatic rings. The SMILES string of the molecule is Cc1ncsc1C(=O)N1CCCC(n2ccnc2C)C1. The number of carbonyl (C=O) groups is 1. The molecule has 1 fully saturated rings. The lowest BCUT2D eigenvalue weighted by molar-refractivity contribution is 0.0682. The van der Waals surface area contributed by atoms with Crippen LogP contribution in [0.25, 0.3) is 0 Å². The van der Waals surface area contributed by atoms with E-state index in [1.807, 2.05) is 31.1 Å². The summed E-state index contributed by atoms with van der Waals surface area (Å²) < 4.78 is 2.18. The summed E-state index contributed by atoms with van der Waals surface area (Å²) in [5.41, 5.74) is 2.57. The van der Waals surface area contributed by atoms with Gasteiger partial charge in [0.25, 0.3) is 5.91 Å². The average Bonchev–Trinajstić information content (AvgIpc) is 3.07. The molecule has 1 aliphatic heterocycles. The molecule has 0 aliphatic carbocycles. The largest absolute Gasteiger partial charge is 0.336 e. The van der Waals surface area contributed by atoms with Crippen molar-refractivity contribution in [3.8, 4) is 0 Å². The molecule has 1 aliphatic rings. The van der Waals surface area contributed by atoms with E-state index in [9.17, 15) is 4.79 Å². The fourth-order valence-electron chi connectivity index (χ4n) is 2.79. The fraction of sp³-hybridized carbons (Fsp3) is 0.500. The smallest absolute Gasteiger partial charge is 0.265 e. The van der Waals surface area contributed by atoms with E-state index in [4.69, 9.17) is 0 Å². The third-order valence-electron chi connectivity index (χ3n) is 3.88. The topological polar surface area (TPSA) is 51.0 Å². The molecule has 0 saturated carbocycles. The monoisotopic (exact) mass is 290 g/mol. The van der Waals surface area contributed by atoms with Gasteiger partial charge in [-0.05, 0) is 26.7 Å². The van der Waals surface area contributed by atoms with Gasteiger partial charge in [-0.1, -0.05) is 0 Å². The number of rotatable bonds is 2. The lowest BCUT2D eigenvalue weighted by atomic mass is 10.0. The highest BCUT2D eigenvalue weighted by Crippen LogP contribution is 2.25. The van der Waals surface area contributed by atoms with Crippen LogP contribution in [-0.2, 0) is 0 Å². The number of nitrogens with zero attached hydrogens (tertiary/aromatic N) is 4. The first-order valence-corrected chi connectivity index (χ1v) is 7.73. The van der Waals surface area contributed by atoms with Crippen molar-refractivity contribution < 1.29 is 4.79 Å². The minimum atomic E-state index is 0.118. The first kappa shape index (κ1) is 13.3. The van der Waals surface area contributed by atoms with Gasteiger partial charge in [0.2, 0.25) is 0 Å². The Morgan fingerprint density at radius 1 is 1.40 bits per heavy atom. The molecule has 3 heterocycles. The number of hydrogen-bond acceptors (Lipinski definition) is 4. The Kier molecular flexibility index (Phi) is 3.56. The molecule has 3 rings (SSSR count). The summed E-state index contributed by atoms with van der Waals surface area (Å²) in [6.45, 7) is 5.49. The van der Waals surface area contributed by atoms with Crippen LogP contribution in [-0.4, -0.2) is 38.4 Å². The summed E-state index contributed by atoms with van der Waals surface area (Å²) in [5.74, 6) is 1.13. The third-order valence-corrected chi connectivity index (χ3v) is 4.80. The van der Waals surface area contributed by atoms with Crippen molar-refractivity contribution in [3.63, 3.8) is 0 Å². The Balaban J connectivity index is 1.77. The van der Waals surface area contributed by atoms with Crippen LogP contribution in [0.15, 0.2) is 17.9 Å². The molecule has 106 valence electrons. The van der Waals surface area contributed by atoms with E-state index in [-0.39, 0.29) is 5.91 Å². The van der Waals surface area contributed by atoms with E-state index >= 15 is 0 Å². The number of imidazole rings is 1. The zero-order valence-corrected chi connectivity index (χ0v) is 12.6. The van der Waals surface area contributed by atoms with Crippen molar-refractivity contribution >= 4 is 17.2 Å². The lowest BCUT2D eigenvalue weighted by Gasteiger charge is -2.33. The second-order valence-corrected chi connectivity index (χ2v) is 6.05. The van der Waals surface area contributed by atoms with Gasteiger partial charge in [0.1, 0.15) is 10.7 Å². The van der Waals surface area contributed by atoms with Crippen LogP contribution in [0.1, 0.15) is 40.1 Å². The Hall–Kier alpha value is -1.69. The first-order chi connectivity index (χ1) is 9.66. The molecule has 0 spiro atoms. The molecular weight excluding hydrogens is 272 g/mol. The predicted molar refractivity (Wildman–Crippen MR) is 78.0 cm³/mol. The Bertz CT molecular complexity index is 618. The second kappa shape index (κ2) is 5.36. The number of thiazole rings is 1. The standard InChI is InChI=1S/C14H18N4OS/c1-10-13(20-9-16-10)14(19)17-6-3-4-12(8-17)18-7-5-15-11(18)2/h5,7,9,12H,3-4,6,8H2,1-2H3. The van der Waals surface area contributed by atoms with Crippen LogP contribution in [0.2, 0.25) is 0 Å². The minimum absolute atomic E-state index is 0.118. The van der Waals surface area contributed by atoms with Crippen LogP contribution in [0.3, 0.4) is 0 Å². The minimum Gasteiger partial charge on any atom is -0.336 e. The lowest BCUT2D eigenvalue weighted by Crippen LogP contribution is -2.40. The molecule has 0 aromatic carbocycles. The summed E-state index contributed by atoms with van der Waals surface area (Å²) in [7, 11) is 0. The maximum absolute atomic E-state index is 12.6. The van der Waals surface area contributed by atoms with Crippen LogP contribution >= 0.6 is 11.3 Å². The van der Waals surface area contributed by atoms with Gasteiger partial charge in [-0.15, -0.1) is 11.3 Å². The van der Waals surface area contributed by atoms with E-state index in [1.54, 1.807) is 5.51 Å². The van der Waals surface area contributed by atoms with Gasteiger partial charge in [0.05, 0.1) is 17.2 Å². The van der Waals surface area contributed by atoms with E-state index in [0.717, 1.165) is 42.3 Å². The van der Waals surface area contributed by atoms with E-state index in [2.05, 4.69) is 14.5 Å². The zero-order chi connectivity index (χ0) is 14.1. The van der Waals surface area contributed by atoms with Gasteiger partial charge in [-0.25, -0.2) is 9.97 Å². The molecule has 1 unspecified atom stereocenters.